The molecule has 2 nitrogen and oxygen atoms in total. The summed E-state index contributed by atoms with van der Waals surface area (Å²) in [7, 11) is 0. The van der Waals surface area contributed by atoms with Crippen LogP contribution >= 0.6 is 0 Å². The standard InChI is InChI=1S/C6H13NO/c1-4-6(8)7-5(2)3/h5H,4H2,1-3H3,(H,7,8). The second-order valence-electron chi connectivity index (χ2n) is 2.08. The van der Waals surface area contributed by atoms with Gasteiger partial charge in [0.25, 0.3) is 0 Å². The van der Waals surface area contributed by atoms with Crippen molar-refractivity contribution in [3.8, 4) is 0 Å². The van der Waals surface area contributed by atoms with E-state index in [2.05, 4.69) is 5.32 Å². The van der Waals surface area contributed by atoms with Gasteiger partial charge < -0.3 is 5.32 Å². The summed E-state index contributed by atoms with van der Waals surface area (Å²) in [5.41, 5.74) is 0. The molecule has 0 unspecified atom stereocenters. The fraction of sp³-hybridized carbons (Fsp3) is 0.833. The molecule has 0 fully saturated rings. The van der Waals surface area contributed by atoms with Crippen LogP contribution in [-0.2, 0) is 4.79 Å². The van der Waals surface area contributed by atoms with E-state index in [1.807, 2.05) is 20.8 Å². The number of carbonyl (C=O) groups excluding carboxylic acids is 1. The molecule has 0 heterocycles. The van der Waals surface area contributed by atoms with Crippen LogP contribution in [0.2, 0.25) is 0 Å². The quantitative estimate of drug-likeness (QED) is 0.569. The van der Waals surface area contributed by atoms with E-state index >= 15 is 0 Å². The summed E-state index contributed by atoms with van der Waals surface area (Å²) in [6, 6.07) is 0.280. The van der Waals surface area contributed by atoms with Crippen LogP contribution in [0.5, 0.6) is 0 Å². The molecule has 2 heteroatoms. The molecule has 48 valence electrons. The summed E-state index contributed by atoms with van der Waals surface area (Å²) in [6.45, 7) is 5.75. The molecule has 0 aliphatic rings. The highest BCUT2D eigenvalue weighted by atomic mass is 16.1. The SMILES string of the molecule is CCC(=O)NC(C)C. The number of rotatable bonds is 2. The minimum Gasteiger partial charge on any atom is -0.354 e. The average Bonchev–Trinajstić information content (AvgIpc) is 1.65. The van der Waals surface area contributed by atoms with E-state index in [-0.39, 0.29) is 11.9 Å². The molecule has 0 aromatic heterocycles. The van der Waals surface area contributed by atoms with E-state index in [4.69, 9.17) is 0 Å². The van der Waals surface area contributed by atoms with Crippen molar-refractivity contribution >= 4 is 5.91 Å². The predicted octanol–water partition coefficient (Wildman–Crippen LogP) is 0.921. The Morgan fingerprint density at radius 3 is 2.25 bits per heavy atom. The Morgan fingerprint density at radius 1 is 1.62 bits per heavy atom. The van der Waals surface area contributed by atoms with Crippen molar-refractivity contribution in [3.05, 3.63) is 0 Å². The minimum absolute atomic E-state index is 0.125. The fourth-order valence-corrected chi connectivity index (χ4v) is 0.424. The molecule has 8 heavy (non-hydrogen) atoms. The molecule has 0 aromatic carbocycles. The lowest BCUT2D eigenvalue weighted by atomic mass is 10.3. The van der Waals surface area contributed by atoms with Crippen molar-refractivity contribution in [2.45, 2.75) is 33.2 Å². The van der Waals surface area contributed by atoms with Crippen LogP contribution < -0.4 is 5.32 Å². The van der Waals surface area contributed by atoms with Gasteiger partial charge in [-0.3, -0.25) is 4.79 Å². The van der Waals surface area contributed by atoms with Gasteiger partial charge in [0, 0.05) is 12.5 Å². The van der Waals surface area contributed by atoms with Gasteiger partial charge in [-0.05, 0) is 13.8 Å². The normalized spacial score (nSPS) is 9.50. The van der Waals surface area contributed by atoms with Crippen molar-refractivity contribution in [3.63, 3.8) is 0 Å². The van der Waals surface area contributed by atoms with Crippen molar-refractivity contribution in [2.75, 3.05) is 0 Å². The first kappa shape index (κ1) is 7.47. The fourth-order valence-electron chi connectivity index (χ4n) is 0.424. The Balaban J connectivity index is 3.25. The predicted molar refractivity (Wildman–Crippen MR) is 33.6 cm³/mol. The largest absolute Gasteiger partial charge is 0.354 e. The lowest BCUT2D eigenvalue weighted by molar-refractivity contribution is -0.121. The van der Waals surface area contributed by atoms with Crippen molar-refractivity contribution in [1.29, 1.82) is 0 Å². The summed E-state index contributed by atoms with van der Waals surface area (Å²) in [6.07, 6.45) is 0.582. The summed E-state index contributed by atoms with van der Waals surface area (Å²) >= 11 is 0. The summed E-state index contributed by atoms with van der Waals surface area (Å²) in [4.78, 5) is 10.5. The zero-order valence-electron chi connectivity index (χ0n) is 5.69. The zero-order chi connectivity index (χ0) is 6.57. The number of hydrogen-bond acceptors (Lipinski definition) is 1. The van der Waals surface area contributed by atoms with Gasteiger partial charge in [0.2, 0.25) is 5.91 Å². The highest BCUT2D eigenvalue weighted by Crippen LogP contribution is 1.79. The van der Waals surface area contributed by atoms with Crippen LogP contribution in [0.4, 0.5) is 0 Å². The third-order valence-corrected chi connectivity index (χ3v) is 0.771. The lowest BCUT2D eigenvalue weighted by Crippen LogP contribution is -2.29. The van der Waals surface area contributed by atoms with Crippen LogP contribution in [-0.4, -0.2) is 11.9 Å². The van der Waals surface area contributed by atoms with Gasteiger partial charge in [0.15, 0.2) is 0 Å². The van der Waals surface area contributed by atoms with Crippen LogP contribution in [0, 0.1) is 0 Å². The maximum Gasteiger partial charge on any atom is 0.219 e. The molecule has 0 saturated carbocycles. The molecule has 0 aromatic rings. The summed E-state index contributed by atoms with van der Waals surface area (Å²) in [5.74, 6) is 0.125. The molecule has 1 N–H and O–H groups in total. The van der Waals surface area contributed by atoms with Gasteiger partial charge in [-0.1, -0.05) is 6.92 Å². The zero-order valence-corrected chi connectivity index (χ0v) is 5.69. The number of carbonyl (C=O) groups is 1. The third-order valence-electron chi connectivity index (χ3n) is 0.771. The topological polar surface area (TPSA) is 29.1 Å². The van der Waals surface area contributed by atoms with E-state index in [0.717, 1.165) is 0 Å². The molecule has 0 aliphatic carbocycles. The Morgan fingerprint density at radius 2 is 2.12 bits per heavy atom. The van der Waals surface area contributed by atoms with Gasteiger partial charge in [-0.2, -0.15) is 0 Å². The highest BCUT2D eigenvalue weighted by molar-refractivity contribution is 5.75. The maximum absolute atomic E-state index is 10.5. The number of hydrogen-bond donors (Lipinski definition) is 1. The van der Waals surface area contributed by atoms with E-state index in [0.29, 0.717) is 6.42 Å². The highest BCUT2D eigenvalue weighted by Gasteiger charge is 1.96. The third kappa shape index (κ3) is 3.65. The van der Waals surface area contributed by atoms with E-state index in [9.17, 15) is 4.79 Å². The molecule has 0 rings (SSSR count). The van der Waals surface area contributed by atoms with Crippen LogP contribution in [0.25, 0.3) is 0 Å². The van der Waals surface area contributed by atoms with E-state index in [1.165, 1.54) is 0 Å². The molecular weight excluding hydrogens is 102 g/mol. The molecule has 0 aliphatic heterocycles. The van der Waals surface area contributed by atoms with Gasteiger partial charge in [-0.15, -0.1) is 0 Å². The Labute approximate surface area is 50.3 Å². The first-order chi connectivity index (χ1) is 3.66. The van der Waals surface area contributed by atoms with Crippen LogP contribution in [0.15, 0.2) is 0 Å². The molecular formula is C6H13NO. The van der Waals surface area contributed by atoms with Crippen molar-refractivity contribution < 1.29 is 4.79 Å². The van der Waals surface area contributed by atoms with Gasteiger partial charge in [0.1, 0.15) is 0 Å². The first-order valence-electron chi connectivity index (χ1n) is 2.96. The van der Waals surface area contributed by atoms with Gasteiger partial charge >= 0.3 is 0 Å². The molecule has 1 amide bonds. The number of amides is 1. The van der Waals surface area contributed by atoms with Crippen molar-refractivity contribution in [1.82, 2.24) is 5.32 Å². The molecule has 0 atom stereocenters. The van der Waals surface area contributed by atoms with Crippen LogP contribution in [0.3, 0.4) is 0 Å². The molecule has 0 spiro atoms. The monoisotopic (exact) mass is 115 g/mol. The first-order valence-corrected chi connectivity index (χ1v) is 2.96. The molecule has 0 radical (unpaired) electrons. The average molecular weight is 115 g/mol. The Bertz CT molecular complexity index is 78.6. The lowest BCUT2D eigenvalue weighted by Gasteiger charge is -2.04. The Hall–Kier alpha value is -0.530. The summed E-state index contributed by atoms with van der Waals surface area (Å²) in [5, 5.41) is 2.75. The Kier molecular flexibility index (Phi) is 3.24. The van der Waals surface area contributed by atoms with E-state index in [1.54, 1.807) is 0 Å². The van der Waals surface area contributed by atoms with E-state index < -0.39 is 0 Å². The number of nitrogens with one attached hydrogen (secondary N) is 1. The minimum atomic E-state index is 0.125. The van der Waals surface area contributed by atoms with Crippen LogP contribution in [0.1, 0.15) is 27.2 Å². The van der Waals surface area contributed by atoms with Crippen molar-refractivity contribution in [2.24, 2.45) is 0 Å². The molecule has 0 saturated heterocycles. The smallest absolute Gasteiger partial charge is 0.219 e. The maximum atomic E-state index is 10.5. The summed E-state index contributed by atoms with van der Waals surface area (Å²) < 4.78 is 0. The second-order valence-corrected chi connectivity index (χ2v) is 2.08. The van der Waals surface area contributed by atoms with Gasteiger partial charge in [0.05, 0.1) is 0 Å². The molecule has 0 bridgehead atoms. The van der Waals surface area contributed by atoms with Gasteiger partial charge in [-0.25, -0.2) is 0 Å². The second kappa shape index (κ2) is 3.47.